The molecule has 0 aliphatic carbocycles. The van der Waals surface area contributed by atoms with E-state index in [1.807, 2.05) is 0 Å². The van der Waals surface area contributed by atoms with Crippen molar-refractivity contribution in [3.8, 4) is 0 Å². The Morgan fingerprint density at radius 3 is 2.88 bits per heavy atom. The smallest absolute Gasteiger partial charge is 0.277 e. The number of nitrogens with two attached hydrogens (primary N) is 1. The number of rotatable bonds is 3. The van der Waals surface area contributed by atoms with Gasteiger partial charge in [-0.25, -0.2) is 0 Å². The highest BCUT2D eigenvalue weighted by molar-refractivity contribution is 5.91. The molecule has 2 aromatic rings. The van der Waals surface area contributed by atoms with Gasteiger partial charge in [0.2, 0.25) is 5.91 Å². The lowest BCUT2D eigenvalue weighted by Crippen LogP contribution is -2.14. The number of nitrogens with zero attached hydrogens (tertiary/aromatic N) is 2. The molecule has 17 heavy (non-hydrogen) atoms. The van der Waals surface area contributed by atoms with Gasteiger partial charge < -0.3 is 5.73 Å². The topological polar surface area (TPSA) is 99.1 Å². The summed E-state index contributed by atoms with van der Waals surface area (Å²) in [7, 11) is 0. The van der Waals surface area contributed by atoms with Crippen molar-refractivity contribution in [2.75, 3.05) is 0 Å². The first-order valence-electron chi connectivity index (χ1n) is 4.88. The number of fused-ring (bicyclic) bond motifs is 1. The number of pyridine rings is 1. The molecule has 0 aliphatic heterocycles. The number of hydrogen-bond acceptors (Lipinski definition) is 4. The number of amides is 1. The van der Waals surface area contributed by atoms with E-state index in [9.17, 15) is 14.9 Å². The Balaban J connectivity index is 2.61. The zero-order chi connectivity index (χ0) is 12.4. The second-order valence-corrected chi connectivity index (χ2v) is 3.57. The van der Waals surface area contributed by atoms with Gasteiger partial charge in [0.1, 0.15) is 0 Å². The van der Waals surface area contributed by atoms with Crippen molar-refractivity contribution >= 4 is 22.4 Å². The Morgan fingerprint density at radius 1 is 1.47 bits per heavy atom. The number of nitro groups is 1. The summed E-state index contributed by atoms with van der Waals surface area (Å²) in [4.78, 5) is 25.2. The molecule has 1 heterocycles. The summed E-state index contributed by atoms with van der Waals surface area (Å²) in [6, 6.07) is 6.26. The van der Waals surface area contributed by atoms with Gasteiger partial charge >= 0.3 is 0 Å². The number of carbonyl (C=O) groups excluding carboxylic acids is 1. The quantitative estimate of drug-likeness (QED) is 0.633. The van der Waals surface area contributed by atoms with Crippen molar-refractivity contribution in [2.45, 2.75) is 6.42 Å². The van der Waals surface area contributed by atoms with Crippen molar-refractivity contribution in [1.82, 2.24) is 4.98 Å². The molecule has 0 bridgehead atoms. The van der Waals surface area contributed by atoms with Crippen LogP contribution in [0.4, 0.5) is 5.69 Å². The maximum atomic E-state index is 10.8. The Labute approximate surface area is 96.2 Å². The number of primary amides is 1. The normalized spacial score (nSPS) is 10.4. The van der Waals surface area contributed by atoms with E-state index in [4.69, 9.17) is 5.73 Å². The van der Waals surface area contributed by atoms with E-state index in [1.165, 1.54) is 18.3 Å². The minimum atomic E-state index is -0.518. The van der Waals surface area contributed by atoms with Crippen molar-refractivity contribution in [1.29, 1.82) is 0 Å². The van der Waals surface area contributed by atoms with E-state index < -0.39 is 10.8 Å². The first kappa shape index (κ1) is 11.0. The third-order valence-corrected chi connectivity index (χ3v) is 2.35. The monoisotopic (exact) mass is 231 g/mol. The van der Waals surface area contributed by atoms with Crippen LogP contribution < -0.4 is 5.73 Å². The molecule has 1 aromatic heterocycles. The molecular formula is C11H9N3O3. The Hall–Kier alpha value is -2.50. The van der Waals surface area contributed by atoms with Gasteiger partial charge in [0, 0.05) is 17.6 Å². The number of nitro benzene ring substituents is 1. The van der Waals surface area contributed by atoms with Crippen LogP contribution in [0.15, 0.2) is 30.5 Å². The van der Waals surface area contributed by atoms with E-state index in [0.717, 1.165) is 0 Å². The summed E-state index contributed by atoms with van der Waals surface area (Å²) < 4.78 is 0. The zero-order valence-corrected chi connectivity index (χ0v) is 8.79. The molecule has 2 N–H and O–H groups in total. The summed E-state index contributed by atoms with van der Waals surface area (Å²) in [5.74, 6) is -0.518. The highest BCUT2D eigenvalue weighted by Gasteiger charge is 2.12. The fourth-order valence-corrected chi connectivity index (χ4v) is 1.63. The highest BCUT2D eigenvalue weighted by Crippen LogP contribution is 2.25. The number of carbonyl (C=O) groups is 1. The molecule has 2 rings (SSSR count). The van der Waals surface area contributed by atoms with E-state index in [0.29, 0.717) is 16.5 Å². The minimum absolute atomic E-state index is 0.00406. The molecule has 0 radical (unpaired) electrons. The maximum Gasteiger partial charge on any atom is 0.277 e. The first-order chi connectivity index (χ1) is 8.08. The van der Waals surface area contributed by atoms with E-state index >= 15 is 0 Å². The van der Waals surface area contributed by atoms with Gasteiger partial charge in [-0.2, -0.15) is 0 Å². The minimum Gasteiger partial charge on any atom is -0.369 e. The molecular weight excluding hydrogens is 222 g/mol. The molecule has 0 fully saturated rings. The van der Waals surface area contributed by atoms with Crippen LogP contribution in [-0.4, -0.2) is 15.8 Å². The maximum absolute atomic E-state index is 10.8. The Bertz CT molecular complexity index is 610. The van der Waals surface area contributed by atoms with Crippen LogP contribution in [0.5, 0.6) is 0 Å². The summed E-state index contributed by atoms with van der Waals surface area (Å²) >= 11 is 0. The van der Waals surface area contributed by atoms with E-state index in [-0.39, 0.29) is 12.1 Å². The number of benzene rings is 1. The third-order valence-electron chi connectivity index (χ3n) is 2.35. The van der Waals surface area contributed by atoms with Gasteiger partial charge in [0.25, 0.3) is 5.69 Å². The second-order valence-electron chi connectivity index (χ2n) is 3.57. The van der Waals surface area contributed by atoms with Gasteiger partial charge in [-0.1, -0.05) is 12.1 Å². The summed E-state index contributed by atoms with van der Waals surface area (Å²) in [5, 5.41) is 12.0. The van der Waals surface area contributed by atoms with Gasteiger partial charge in [-0.05, 0) is 6.07 Å². The van der Waals surface area contributed by atoms with Crippen LogP contribution in [0.25, 0.3) is 10.8 Å². The molecule has 6 nitrogen and oxygen atoms in total. The lowest BCUT2D eigenvalue weighted by atomic mass is 10.1. The third kappa shape index (κ3) is 2.20. The summed E-state index contributed by atoms with van der Waals surface area (Å²) in [5.41, 5.74) is 5.48. The number of aromatic nitrogens is 1. The van der Waals surface area contributed by atoms with Crippen LogP contribution in [-0.2, 0) is 11.2 Å². The Kier molecular flexibility index (Phi) is 2.70. The van der Waals surface area contributed by atoms with E-state index in [1.54, 1.807) is 12.1 Å². The molecule has 0 atom stereocenters. The van der Waals surface area contributed by atoms with E-state index in [2.05, 4.69) is 4.98 Å². The first-order valence-corrected chi connectivity index (χ1v) is 4.88. The number of hydrogen-bond donors (Lipinski definition) is 1. The Morgan fingerprint density at radius 2 is 2.24 bits per heavy atom. The molecule has 1 amide bonds. The molecule has 6 heteroatoms. The average Bonchev–Trinajstić information content (AvgIpc) is 2.27. The van der Waals surface area contributed by atoms with Crippen molar-refractivity contribution in [2.24, 2.45) is 5.73 Å². The lowest BCUT2D eigenvalue weighted by Gasteiger charge is -2.01. The van der Waals surface area contributed by atoms with Crippen LogP contribution in [0.2, 0.25) is 0 Å². The number of non-ortho nitro benzene ring substituents is 1. The van der Waals surface area contributed by atoms with Gasteiger partial charge in [-0.15, -0.1) is 0 Å². The summed E-state index contributed by atoms with van der Waals surface area (Å²) in [6.45, 7) is 0. The predicted octanol–water partition coefficient (Wildman–Crippen LogP) is 1.17. The fraction of sp³-hybridized carbons (Fsp3) is 0.0909. The molecule has 0 aliphatic rings. The fourth-order valence-electron chi connectivity index (χ4n) is 1.63. The second kappa shape index (κ2) is 4.17. The standard InChI is InChI=1S/C11H9N3O3/c12-11(15)5-8-4-9-7(6-13-8)2-1-3-10(9)14(16)17/h1-4,6H,5H2,(H2,12,15). The van der Waals surface area contributed by atoms with Crippen molar-refractivity contribution in [3.63, 3.8) is 0 Å². The molecule has 0 saturated heterocycles. The van der Waals surface area contributed by atoms with Crippen LogP contribution in [0.1, 0.15) is 5.69 Å². The zero-order valence-electron chi connectivity index (χ0n) is 8.79. The van der Waals surface area contributed by atoms with Crippen LogP contribution >= 0.6 is 0 Å². The lowest BCUT2D eigenvalue weighted by molar-refractivity contribution is -0.383. The molecule has 0 unspecified atom stereocenters. The SMILES string of the molecule is NC(=O)Cc1cc2c([N+](=O)[O-])cccc2cn1. The van der Waals surface area contributed by atoms with Gasteiger partial charge in [-0.3, -0.25) is 19.9 Å². The highest BCUT2D eigenvalue weighted by atomic mass is 16.6. The van der Waals surface area contributed by atoms with Gasteiger partial charge in [0.05, 0.1) is 22.4 Å². The van der Waals surface area contributed by atoms with Gasteiger partial charge in [0.15, 0.2) is 0 Å². The predicted molar refractivity (Wildman–Crippen MR) is 61.3 cm³/mol. The largest absolute Gasteiger partial charge is 0.369 e. The average molecular weight is 231 g/mol. The molecule has 0 saturated carbocycles. The van der Waals surface area contributed by atoms with Crippen LogP contribution in [0, 0.1) is 10.1 Å². The molecule has 1 aromatic carbocycles. The van der Waals surface area contributed by atoms with Crippen molar-refractivity contribution < 1.29 is 9.72 Å². The summed E-state index contributed by atoms with van der Waals surface area (Å²) in [6.07, 6.45) is 1.47. The molecule has 0 spiro atoms. The molecule has 86 valence electrons. The van der Waals surface area contributed by atoms with Crippen molar-refractivity contribution in [3.05, 3.63) is 46.3 Å². The van der Waals surface area contributed by atoms with Crippen LogP contribution in [0.3, 0.4) is 0 Å².